The van der Waals surface area contributed by atoms with E-state index in [1.54, 1.807) is 27.7 Å². The number of thioether (sulfide) groups is 1. The summed E-state index contributed by atoms with van der Waals surface area (Å²) in [5.41, 5.74) is 2.38. The van der Waals surface area contributed by atoms with Crippen molar-refractivity contribution in [2.24, 2.45) is 11.0 Å². The van der Waals surface area contributed by atoms with E-state index in [2.05, 4.69) is 55.9 Å². The molecule has 2 unspecified atom stereocenters. The minimum absolute atomic E-state index is 0.0110. The second-order valence-corrected chi connectivity index (χ2v) is 11.7. The molecule has 1 amide bonds. The van der Waals surface area contributed by atoms with Gasteiger partial charge in [0.15, 0.2) is 5.16 Å². The maximum absolute atomic E-state index is 13.5. The lowest BCUT2D eigenvalue weighted by Crippen LogP contribution is -2.32. The SMILES string of the molecule is Cc1nnc(SCC(=O)N2N=C3/C(=C\c4cccs4)CCCC3C2c2cccs2)n1C1CC1. The maximum Gasteiger partial charge on any atom is 0.253 e. The Labute approximate surface area is 205 Å². The average Bonchev–Trinajstić information content (AvgIpc) is 3.26. The Bertz CT molecular complexity index is 1210. The van der Waals surface area contributed by atoms with Gasteiger partial charge in [0.2, 0.25) is 0 Å². The number of amides is 1. The molecule has 2 aliphatic carbocycles. The summed E-state index contributed by atoms with van der Waals surface area (Å²) in [6.45, 7) is 1.99. The summed E-state index contributed by atoms with van der Waals surface area (Å²) in [5.74, 6) is 1.55. The second-order valence-electron chi connectivity index (χ2n) is 8.79. The Balaban J connectivity index is 1.28. The molecule has 0 bridgehead atoms. The molecule has 0 saturated heterocycles. The first kappa shape index (κ1) is 21.3. The van der Waals surface area contributed by atoms with Crippen LogP contribution in [0.3, 0.4) is 0 Å². The molecule has 170 valence electrons. The van der Waals surface area contributed by atoms with Crippen molar-refractivity contribution in [1.29, 1.82) is 0 Å². The molecule has 6 rings (SSSR count). The van der Waals surface area contributed by atoms with Gasteiger partial charge in [-0.1, -0.05) is 23.9 Å². The van der Waals surface area contributed by atoms with Gasteiger partial charge in [-0.2, -0.15) is 5.10 Å². The number of allylic oxidation sites excluding steroid dienone is 1. The molecule has 4 heterocycles. The van der Waals surface area contributed by atoms with Crippen LogP contribution >= 0.6 is 34.4 Å². The van der Waals surface area contributed by atoms with Crippen LogP contribution in [0.4, 0.5) is 0 Å². The first-order valence-corrected chi connectivity index (χ1v) is 14.2. The summed E-state index contributed by atoms with van der Waals surface area (Å²) in [6, 6.07) is 8.93. The first-order chi connectivity index (χ1) is 16.2. The normalized spacial score (nSPS) is 23.7. The topological polar surface area (TPSA) is 63.4 Å². The van der Waals surface area contributed by atoms with E-state index >= 15 is 0 Å². The molecule has 2 atom stereocenters. The highest BCUT2D eigenvalue weighted by molar-refractivity contribution is 7.99. The molecule has 0 N–H and O–H groups in total. The van der Waals surface area contributed by atoms with Gasteiger partial charge in [0.1, 0.15) is 5.82 Å². The van der Waals surface area contributed by atoms with Crippen molar-refractivity contribution in [3.8, 4) is 0 Å². The van der Waals surface area contributed by atoms with Gasteiger partial charge in [0.05, 0.1) is 17.5 Å². The van der Waals surface area contributed by atoms with E-state index in [9.17, 15) is 4.79 Å². The first-order valence-electron chi connectivity index (χ1n) is 11.4. The van der Waals surface area contributed by atoms with Crippen LogP contribution in [0.15, 0.2) is 50.9 Å². The molecule has 9 heteroatoms. The zero-order chi connectivity index (χ0) is 22.4. The van der Waals surface area contributed by atoms with Crippen molar-refractivity contribution in [2.45, 2.75) is 56.3 Å². The van der Waals surface area contributed by atoms with Gasteiger partial charge in [-0.25, -0.2) is 5.01 Å². The number of thiophene rings is 2. The summed E-state index contributed by atoms with van der Waals surface area (Å²) in [5, 5.41) is 20.4. The van der Waals surface area contributed by atoms with Gasteiger partial charge in [0, 0.05) is 21.7 Å². The smallest absolute Gasteiger partial charge is 0.253 e. The number of hydrazone groups is 1. The van der Waals surface area contributed by atoms with Crippen LogP contribution in [0.1, 0.15) is 59.8 Å². The highest BCUT2D eigenvalue weighted by atomic mass is 32.2. The van der Waals surface area contributed by atoms with Gasteiger partial charge in [0.25, 0.3) is 5.91 Å². The van der Waals surface area contributed by atoms with Gasteiger partial charge < -0.3 is 4.57 Å². The average molecular weight is 496 g/mol. The quantitative estimate of drug-likeness (QED) is 0.396. The third-order valence-electron chi connectivity index (χ3n) is 6.52. The van der Waals surface area contributed by atoms with Crippen LogP contribution in [-0.2, 0) is 4.79 Å². The summed E-state index contributed by atoms with van der Waals surface area (Å²) in [7, 11) is 0. The van der Waals surface area contributed by atoms with Gasteiger partial charge in [-0.3, -0.25) is 4.79 Å². The van der Waals surface area contributed by atoms with E-state index in [0.29, 0.717) is 11.8 Å². The number of fused-ring (bicyclic) bond motifs is 1. The number of nitrogens with zero attached hydrogens (tertiary/aromatic N) is 5. The number of rotatable bonds is 6. The standard InChI is InChI=1S/C24H25N5OS3/c1-15-25-26-24(28(15)17-9-10-17)33-14-21(30)29-23(20-8-4-12-32-20)19-7-2-5-16(22(19)27-29)13-18-6-3-11-31-18/h3-4,6,8,11-13,17,19,23H,2,5,7,9-10,14H2,1H3/b16-13-. The Kier molecular flexibility index (Phi) is 5.72. The predicted molar refractivity (Wildman–Crippen MR) is 135 cm³/mol. The molecule has 3 aromatic rings. The lowest BCUT2D eigenvalue weighted by Gasteiger charge is -2.28. The van der Waals surface area contributed by atoms with Crippen molar-refractivity contribution in [3.63, 3.8) is 0 Å². The molecular formula is C24H25N5OS3. The number of aromatic nitrogens is 3. The summed E-state index contributed by atoms with van der Waals surface area (Å²) in [4.78, 5) is 16.0. The fraction of sp³-hybridized carbons (Fsp3) is 0.417. The van der Waals surface area contributed by atoms with E-state index < -0.39 is 0 Å². The molecule has 2 saturated carbocycles. The Morgan fingerprint density at radius 3 is 2.79 bits per heavy atom. The molecule has 0 radical (unpaired) electrons. The summed E-state index contributed by atoms with van der Waals surface area (Å²) >= 11 is 4.95. The Morgan fingerprint density at radius 2 is 2.03 bits per heavy atom. The fourth-order valence-corrected chi connectivity index (χ4v) is 7.34. The molecule has 2 fully saturated rings. The number of aryl methyl sites for hydroxylation is 1. The minimum atomic E-state index is -0.0110. The third-order valence-corrected chi connectivity index (χ3v) is 9.21. The zero-order valence-electron chi connectivity index (χ0n) is 18.4. The molecule has 0 spiro atoms. The van der Waals surface area contributed by atoms with Crippen LogP contribution in [0, 0.1) is 12.8 Å². The summed E-state index contributed by atoms with van der Waals surface area (Å²) < 4.78 is 2.19. The number of carbonyl (C=O) groups excluding carboxylic acids is 1. The van der Waals surface area contributed by atoms with E-state index in [1.165, 1.54) is 39.9 Å². The monoisotopic (exact) mass is 495 g/mol. The lowest BCUT2D eigenvalue weighted by molar-refractivity contribution is -0.130. The highest BCUT2D eigenvalue weighted by Crippen LogP contribution is 2.46. The Hall–Kier alpha value is -2.23. The summed E-state index contributed by atoms with van der Waals surface area (Å²) in [6.07, 6.45) is 7.82. The van der Waals surface area contributed by atoms with Crippen molar-refractivity contribution in [1.82, 2.24) is 19.8 Å². The van der Waals surface area contributed by atoms with Crippen LogP contribution in [-0.4, -0.2) is 37.1 Å². The molecule has 0 aromatic carbocycles. The van der Waals surface area contributed by atoms with Gasteiger partial charge >= 0.3 is 0 Å². The molecule has 6 nitrogen and oxygen atoms in total. The van der Waals surface area contributed by atoms with E-state index in [1.807, 2.05) is 6.92 Å². The highest BCUT2D eigenvalue weighted by Gasteiger charge is 2.44. The zero-order valence-corrected chi connectivity index (χ0v) is 20.8. The van der Waals surface area contributed by atoms with Crippen molar-refractivity contribution in [3.05, 3.63) is 56.2 Å². The maximum atomic E-state index is 13.5. The van der Waals surface area contributed by atoms with E-state index in [-0.39, 0.29) is 17.9 Å². The number of hydrogen-bond donors (Lipinski definition) is 0. The Morgan fingerprint density at radius 1 is 1.18 bits per heavy atom. The number of hydrogen-bond acceptors (Lipinski definition) is 7. The lowest BCUT2D eigenvalue weighted by atomic mass is 9.79. The molecule has 33 heavy (non-hydrogen) atoms. The van der Waals surface area contributed by atoms with E-state index in [4.69, 9.17) is 5.10 Å². The van der Waals surface area contributed by atoms with Crippen molar-refractivity contribution >= 4 is 52.1 Å². The van der Waals surface area contributed by atoms with Gasteiger partial charge in [-0.05, 0) is 73.6 Å². The van der Waals surface area contributed by atoms with Crippen LogP contribution in [0.25, 0.3) is 6.08 Å². The fourth-order valence-electron chi connectivity index (χ4n) is 4.88. The van der Waals surface area contributed by atoms with Crippen LogP contribution in [0.2, 0.25) is 0 Å². The minimum Gasteiger partial charge on any atom is -0.303 e. The van der Waals surface area contributed by atoms with Crippen molar-refractivity contribution in [2.75, 3.05) is 5.75 Å². The van der Waals surface area contributed by atoms with Crippen molar-refractivity contribution < 1.29 is 4.79 Å². The van der Waals surface area contributed by atoms with Crippen LogP contribution in [0.5, 0.6) is 0 Å². The third kappa shape index (κ3) is 4.11. The molecular weight excluding hydrogens is 470 g/mol. The molecule has 3 aliphatic rings. The largest absolute Gasteiger partial charge is 0.303 e. The van der Waals surface area contributed by atoms with Gasteiger partial charge in [-0.15, -0.1) is 32.9 Å². The predicted octanol–water partition coefficient (Wildman–Crippen LogP) is 5.96. The van der Waals surface area contributed by atoms with Crippen LogP contribution < -0.4 is 0 Å². The van der Waals surface area contributed by atoms with E-state index in [0.717, 1.165) is 36.0 Å². The molecule has 3 aromatic heterocycles. The molecule has 1 aliphatic heterocycles. The number of carbonyl (C=O) groups is 1. The second kappa shape index (κ2) is 8.85.